The third-order valence-corrected chi connectivity index (χ3v) is 4.25. The van der Waals surface area contributed by atoms with E-state index in [1.807, 2.05) is 0 Å². The first-order valence-corrected chi connectivity index (χ1v) is 6.49. The summed E-state index contributed by atoms with van der Waals surface area (Å²) in [7, 11) is 0. The summed E-state index contributed by atoms with van der Waals surface area (Å²) >= 11 is 0. The van der Waals surface area contributed by atoms with Gasteiger partial charge in [-0.3, -0.25) is 0 Å². The predicted molar refractivity (Wildman–Crippen MR) is 61.3 cm³/mol. The highest BCUT2D eigenvalue weighted by Crippen LogP contribution is 2.34. The molecule has 82 valence electrons. The molecule has 0 aromatic heterocycles. The predicted octanol–water partition coefficient (Wildman–Crippen LogP) is 3.20. The molecule has 14 heavy (non-hydrogen) atoms. The number of hydrogen-bond acceptors (Lipinski definition) is 1. The van der Waals surface area contributed by atoms with Gasteiger partial charge in [0, 0.05) is 6.04 Å². The van der Waals surface area contributed by atoms with Gasteiger partial charge in [-0.15, -0.1) is 0 Å². The molecule has 1 nitrogen and oxygen atoms in total. The molecule has 1 N–H and O–H groups in total. The van der Waals surface area contributed by atoms with Crippen molar-refractivity contribution in [3.05, 3.63) is 0 Å². The van der Waals surface area contributed by atoms with E-state index in [2.05, 4.69) is 19.2 Å². The lowest BCUT2D eigenvalue weighted by Gasteiger charge is -2.38. The minimum absolute atomic E-state index is 0.849. The molecular weight excluding hydrogens is 170 g/mol. The van der Waals surface area contributed by atoms with E-state index in [1.54, 1.807) is 0 Å². The van der Waals surface area contributed by atoms with Gasteiger partial charge in [0.2, 0.25) is 0 Å². The molecule has 2 aliphatic rings. The Balaban J connectivity index is 1.86. The van der Waals surface area contributed by atoms with Crippen LogP contribution in [-0.2, 0) is 0 Å². The molecule has 0 aromatic rings. The molecule has 1 aliphatic heterocycles. The van der Waals surface area contributed by atoms with Crippen molar-refractivity contribution in [3.8, 4) is 0 Å². The van der Waals surface area contributed by atoms with Gasteiger partial charge in [-0.1, -0.05) is 26.7 Å². The average molecular weight is 195 g/mol. The van der Waals surface area contributed by atoms with E-state index in [1.165, 1.54) is 45.1 Å². The molecule has 1 saturated heterocycles. The zero-order chi connectivity index (χ0) is 9.97. The van der Waals surface area contributed by atoms with Crippen LogP contribution in [0.1, 0.15) is 52.4 Å². The van der Waals surface area contributed by atoms with Gasteiger partial charge in [0.05, 0.1) is 0 Å². The minimum atomic E-state index is 0.849. The van der Waals surface area contributed by atoms with Gasteiger partial charge < -0.3 is 5.32 Å². The Bertz CT molecular complexity index is 158. The summed E-state index contributed by atoms with van der Waals surface area (Å²) in [6, 6.07) is 0.849. The van der Waals surface area contributed by atoms with Crippen LogP contribution in [0.5, 0.6) is 0 Å². The largest absolute Gasteiger partial charge is 0.314 e. The summed E-state index contributed by atoms with van der Waals surface area (Å²) in [4.78, 5) is 0. The first-order chi connectivity index (χ1) is 6.75. The summed E-state index contributed by atoms with van der Waals surface area (Å²) in [6.07, 6.45) is 8.71. The van der Waals surface area contributed by atoms with Gasteiger partial charge in [0.15, 0.2) is 0 Å². The molecule has 4 atom stereocenters. The van der Waals surface area contributed by atoms with Crippen LogP contribution in [0.15, 0.2) is 0 Å². The van der Waals surface area contributed by atoms with Crippen molar-refractivity contribution in [1.82, 2.24) is 5.32 Å². The lowest BCUT2D eigenvalue weighted by Crippen LogP contribution is -2.43. The van der Waals surface area contributed by atoms with Crippen LogP contribution in [0.2, 0.25) is 0 Å². The highest BCUT2D eigenvalue weighted by Gasteiger charge is 2.29. The zero-order valence-corrected chi connectivity index (χ0v) is 9.76. The Morgan fingerprint density at radius 1 is 0.929 bits per heavy atom. The molecule has 1 aliphatic carbocycles. The van der Waals surface area contributed by atoms with Crippen molar-refractivity contribution in [3.63, 3.8) is 0 Å². The molecule has 2 fully saturated rings. The first-order valence-electron chi connectivity index (χ1n) is 6.49. The topological polar surface area (TPSA) is 12.0 Å². The molecular formula is C13H25N. The summed E-state index contributed by atoms with van der Waals surface area (Å²) in [5.41, 5.74) is 0. The lowest BCUT2D eigenvalue weighted by molar-refractivity contribution is 0.177. The fourth-order valence-corrected chi connectivity index (χ4v) is 3.36. The third kappa shape index (κ3) is 2.50. The molecule has 0 spiro atoms. The second kappa shape index (κ2) is 4.65. The SMILES string of the molecule is CC1CCCC(C2CC(C)CCN2)C1. The number of hydrogen-bond donors (Lipinski definition) is 1. The summed E-state index contributed by atoms with van der Waals surface area (Å²) in [6.45, 7) is 6.11. The molecule has 4 unspecified atom stereocenters. The third-order valence-electron chi connectivity index (χ3n) is 4.25. The van der Waals surface area contributed by atoms with Crippen molar-refractivity contribution < 1.29 is 0 Å². The standard InChI is InChI=1S/C13H25N/c1-10-4-3-5-12(8-10)13-9-11(2)6-7-14-13/h10-14H,3-9H2,1-2H3. The Morgan fingerprint density at radius 3 is 2.43 bits per heavy atom. The molecule has 1 saturated carbocycles. The van der Waals surface area contributed by atoms with Crippen LogP contribution in [0.25, 0.3) is 0 Å². The van der Waals surface area contributed by atoms with Crippen LogP contribution in [-0.4, -0.2) is 12.6 Å². The van der Waals surface area contributed by atoms with Crippen molar-refractivity contribution in [2.24, 2.45) is 17.8 Å². The van der Waals surface area contributed by atoms with Crippen LogP contribution < -0.4 is 5.32 Å². The second-order valence-electron chi connectivity index (χ2n) is 5.72. The highest BCUT2D eigenvalue weighted by molar-refractivity contribution is 4.85. The smallest absolute Gasteiger partial charge is 0.00979 e. The maximum atomic E-state index is 3.74. The summed E-state index contributed by atoms with van der Waals surface area (Å²) < 4.78 is 0. The molecule has 1 heteroatoms. The maximum absolute atomic E-state index is 3.74. The van der Waals surface area contributed by atoms with Crippen LogP contribution in [0, 0.1) is 17.8 Å². The summed E-state index contributed by atoms with van der Waals surface area (Å²) in [5.74, 6) is 2.92. The van der Waals surface area contributed by atoms with Crippen molar-refractivity contribution in [2.45, 2.75) is 58.4 Å². The summed E-state index contributed by atoms with van der Waals surface area (Å²) in [5, 5.41) is 3.74. The van der Waals surface area contributed by atoms with Crippen LogP contribution >= 0.6 is 0 Å². The lowest BCUT2D eigenvalue weighted by atomic mass is 9.75. The number of piperidine rings is 1. The van der Waals surface area contributed by atoms with Gasteiger partial charge in [-0.2, -0.15) is 0 Å². The van der Waals surface area contributed by atoms with Crippen molar-refractivity contribution >= 4 is 0 Å². The number of rotatable bonds is 1. The van der Waals surface area contributed by atoms with E-state index in [0.29, 0.717) is 0 Å². The average Bonchev–Trinajstić information content (AvgIpc) is 2.18. The second-order valence-corrected chi connectivity index (χ2v) is 5.72. The Morgan fingerprint density at radius 2 is 1.71 bits per heavy atom. The quantitative estimate of drug-likeness (QED) is 0.677. The maximum Gasteiger partial charge on any atom is 0.00979 e. The van der Waals surface area contributed by atoms with Crippen molar-refractivity contribution in [2.75, 3.05) is 6.54 Å². The van der Waals surface area contributed by atoms with Gasteiger partial charge in [0.1, 0.15) is 0 Å². The van der Waals surface area contributed by atoms with Gasteiger partial charge in [0.25, 0.3) is 0 Å². The van der Waals surface area contributed by atoms with E-state index in [4.69, 9.17) is 0 Å². The van der Waals surface area contributed by atoms with E-state index in [0.717, 1.165) is 23.8 Å². The Hall–Kier alpha value is -0.0400. The normalized spacial score (nSPS) is 45.0. The molecule has 0 aromatic carbocycles. The highest BCUT2D eigenvalue weighted by atomic mass is 14.9. The van der Waals surface area contributed by atoms with Gasteiger partial charge in [-0.25, -0.2) is 0 Å². The molecule has 0 radical (unpaired) electrons. The van der Waals surface area contributed by atoms with Gasteiger partial charge >= 0.3 is 0 Å². The number of nitrogens with one attached hydrogen (secondary N) is 1. The Kier molecular flexibility index (Phi) is 3.48. The fraction of sp³-hybridized carbons (Fsp3) is 1.00. The molecule has 0 bridgehead atoms. The molecule has 2 rings (SSSR count). The van der Waals surface area contributed by atoms with E-state index in [9.17, 15) is 0 Å². The fourth-order valence-electron chi connectivity index (χ4n) is 3.36. The van der Waals surface area contributed by atoms with Crippen LogP contribution in [0.4, 0.5) is 0 Å². The van der Waals surface area contributed by atoms with Crippen LogP contribution in [0.3, 0.4) is 0 Å². The zero-order valence-electron chi connectivity index (χ0n) is 9.76. The van der Waals surface area contributed by atoms with Crippen molar-refractivity contribution in [1.29, 1.82) is 0 Å². The monoisotopic (exact) mass is 195 g/mol. The molecule has 0 amide bonds. The minimum Gasteiger partial charge on any atom is -0.314 e. The van der Waals surface area contributed by atoms with E-state index < -0.39 is 0 Å². The van der Waals surface area contributed by atoms with E-state index in [-0.39, 0.29) is 0 Å². The van der Waals surface area contributed by atoms with Gasteiger partial charge in [-0.05, 0) is 50.0 Å². The Labute approximate surface area is 88.7 Å². The molecule has 1 heterocycles. The van der Waals surface area contributed by atoms with E-state index >= 15 is 0 Å². The first kappa shape index (κ1) is 10.5.